The molecule has 0 radical (unpaired) electrons. The van der Waals surface area contributed by atoms with Crippen molar-refractivity contribution in [3.63, 3.8) is 0 Å². The molecule has 1 saturated heterocycles. The smallest absolute Gasteiger partial charge is 0.236 e. The first-order chi connectivity index (χ1) is 7.59. The predicted octanol–water partition coefficient (Wildman–Crippen LogP) is 1.62. The number of nitrogens with one attached hydrogen (secondary N) is 1. The minimum absolute atomic E-state index is 0.0203. The summed E-state index contributed by atoms with van der Waals surface area (Å²) in [4.78, 5) is 11.7. The molecule has 0 saturated carbocycles. The molecular formula is C12H24N2OS. The highest BCUT2D eigenvalue weighted by Crippen LogP contribution is 2.21. The molecule has 1 aliphatic rings. The van der Waals surface area contributed by atoms with Crippen LogP contribution in [0.2, 0.25) is 0 Å². The Kier molecular flexibility index (Phi) is 6.21. The van der Waals surface area contributed by atoms with Crippen molar-refractivity contribution in [1.82, 2.24) is 5.32 Å². The lowest BCUT2D eigenvalue weighted by atomic mass is 10.0. The lowest BCUT2D eigenvalue weighted by Gasteiger charge is -2.22. The largest absolute Gasteiger partial charge is 0.354 e. The lowest BCUT2D eigenvalue weighted by molar-refractivity contribution is -0.122. The molecule has 1 heterocycles. The third kappa shape index (κ3) is 5.21. The summed E-state index contributed by atoms with van der Waals surface area (Å²) in [6.45, 7) is 4.99. The summed E-state index contributed by atoms with van der Waals surface area (Å²) in [5.74, 6) is 3.63. The number of carbonyl (C=O) groups is 1. The van der Waals surface area contributed by atoms with Crippen molar-refractivity contribution in [1.29, 1.82) is 0 Å². The summed E-state index contributed by atoms with van der Waals surface area (Å²) in [6, 6.07) is -0.335. The Morgan fingerprint density at radius 2 is 2.06 bits per heavy atom. The zero-order valence-electron chi connectivity index (χ0n) is 10.4. The standard InChI is InChI=1S/C12H24N2OS/c1-9(2)7-11(13)12(15)14-8-10-3-5-16-6-4-10/h9-11H,3-8,13H2,1-2H3,(H,14,15)/t11-/m0/s1. The van der Waals surface area contributed by atoms with Crippen LogP contribution in [0.3, 0.4) is 0 Å². The molecule has 0 spiro atoms. The van der Waals surface area contributed by atoms with Crippen molar-refractivity contribution in [3.05, 3.63) is 0 Å². The zero-order chi connectivity index (χ0) is 12.0. The summed E-state index contributed by atoms with van der Waals surface area (Å²) < 4.78 is 0. The Morgan fingerprint density at radius 1 is 1.44 bits per heavy atom. The van der Waals surface area contributed by atoms with Crippen LogP contribution in [0, 0.1) is 11.8 Å². The molecular weight excluding hydrogens is 220 g/mol. The topological polar surface area (TPSA) is 55.1 Å². The van der Waals surface area contributed by atoms with E-state index in [2.05, 4.69) is 19.2 Å². The van der Waals surface area contributed by atoms with E-state index in [0.717, 1.165) is 13.0 Å². The first-order valence-corrected chi connectivity index (χ1v) is 7.36. The van der Waals surface area contributed by atoms with Gasteiger partial charge in [0.2, 0.25) is 5.91 Å². The summed E-state index contributed by atoms with van der Waals surface area (Å²) in [5.41, 5.74) is 5.82. The lowest BCUT2D eigenvalue weighted by Crippen LogP contribution is -2.43. The summed E-state index contributed by atoms with van der Waals surface area (Å²) in [7, 11) is 0. The first kappa shape index (κ1) is 13.8. The number of hydrogen-bond acceptors (Lipinski definition) is 3. The molecule has 1 fully saturated rings. The zero-order valence-corrected chi connectivity index (χ0v) is 11.2. The molecule has 3 nitrogen and oxygen atoms in total. The maximum atomic E-state index is 11.7. The quantitative estimate of drug-likeness (QED) is 0.772. The van der Waals surface area contributed by atoms with Crippen LogP contribution in [0.4, 0.5) is 0 Å². The van der Waals surface area contributed by atoms with Gasteiger partial charge in [-0.1, -0.05) is 13.8 Å². The Bertz CT molecular complexity index is 215. The fourth-order valence-electron chi connectivity index (χ4n) is 1.94. The highest BCUT2D eigenvalue weighted by molar-refractivity contribution is 7.99. The van der Waals surface area contributed by atoms with Crippen LogP contribution in [0.1, 0.15) is 33.1 Å². The summed E-state index contributed by atoms with van der Waals surface area (Å²) in [5, 5.41) is 2.98. The van der Waals surface area contributed by atoms with E-state index in [4.69, 9.17) is 5.73 Å². The van der Waals surface area contributed by atoms with Crippen LogP contribution in [-0.4, -0.2) is 30.0 Å². The monoisotopic (exact) mass is 244 g/mol. The van der Waals surface area contributed by atoms with Gasteiger partial charge >= 0.3 is 0 Å². The van der Waals surface area contributed by atoms with Gasteiger partial charge in [-0.3, -0.25) is 4.79 Å². The van der Waals surface area contributed by atoms with Gasteiger partial charge in [-0.05, 0) is 42.6 Å². The summed E-state index contributed by atoms with van der Waals surface area (Å²) in [6.07, 6.45) is 3.22. The van der Waals surface area contributed by atoms with Gasteiger partial charge in [0.15, 0.2) is 0 Å². The van der Waals surface area contributed by atoms with Crippen LogP contribution < -0.4 is 11.1 Å². The summed E-state index contributed by atoms with van der Waals surface area (Å²) >= 11 is 2.01. The van der Waals surface area contributed by atoms with Crippen molar-refractivity contribution >= 4 is 17.7 Å². The molecule has 0 bridgehead atoms. The second-order valence-corrected chi connectivity index (χ2v) is 6.26. The van der Waals surface area contributed by atoms with E-state index in [9.17, 15) is 4.79 Å². The molecule has 0 aromatic heterocycles. The third-order valence-corrected chi connectivity index (χ3v) is 4.02. The van der Waals surface area contributed by atoms with Gasteiger partial charge in [-0.2, -0.15) is 11.8 Å². The first-order valence-electron chi connectivity index (χ1n) is 6.20. The average molecular weight is 244 g/mol. The maximum Gasteiger partial charge on any atom is 0.236 e. The van der Waals surface area contributed by atoms with Gasteiger partial charge in [0.1, 0.15) is 0 Å². The molecule has 94 valence electrons. The van der Waals surface area contributed by atoms with Crippen LogP contribution >= 0.6 is 11.8 Å². The van der Waals surface area contributed by atoms with E-state index in [0.29, 0.717) is 11.8 Å². The van der Waals surface area contributed by atoms with Crippen molar-refractivity contribution in [2.24, 2.45) is 17.6 Å². The van der Waals surface area contributed by atoms with E-state index in [-0.39, 0.29) is 11.9 Å². The molecule has 1 atom stereocenters. The van der Waals surface area contributed by atoms with E-state index in [1.807, 2.05) is 11.8 Å². The highest BCUT2D eigenvalue weighted by atomic mass is 32.2. The maximum absolute atomic E-state index is 11.7. The average Bonchev–Trinajstić information content (AvgIpc) is 2.26. The van der Waals surface area contributed by atoms with Gasteiger partial charge < -0.3 is 11.1 Å². The van der Waals surface area contributed by atoms with Gasteiger partial charge in [-0.25, -0.2) is 0 Å². The molecule has 1 aliphatic heterocycles. The Balaban J connectivity index is 2.17. The van der Waals surface area contributed by atoms with Crippen molar-refractivity contribution < 1.29 is 4.79 Å². The van der Waals surface area contributed by atoms with Crippen LogP contribution in [0.15, 0.2) is 0 Å². The Morgan fingerprint density at radius 3 is 2.62 bits per heavy atom. The highest BCUT2D eigenvalue weighted by Gasteiger charge is 2.18. The van der Waals surface area contributed by atoms with Gasteiger partial charge in [0.05, 0.1) is 6.04 Å². The number of amides is 1. The molecule has 16 heavy (non-hydrogen) atoms. The molecule has 0 unspecified atom stereocenters. The molecule has 0 aromatic rings. The van der Waals surface area contributed by atoms with Crippen molar-refractivity contribution in [2.45, 2.75) is 39.2 Å². The Hall–Kier alpha value is -0.220. The fourth-order valence-corrected chi connectivity index (χ4v) is 3.15. The van der Waals surface area contributed by atoms with Crippen molar-refractivity contribution in [3.8, 4) is 0 Å². The van der Waals surface area contributed by atoms with E-state index < -0.39 is 0 Å². The van der Waals surface area contributed by atoms with Gasteiger partial charge in [0.25, 0.3) is 0 Å². The SMILES string of the molecule is CC(C)C[C@H](N)C(=O)NCC1CCSCC1. The second kappa shape index (κ2) is 7.17. The number of carbonyl (C=O) groups excluding carboxylic acids is 1. The minimum atomic E-state index is -0.335. The van der Waals surface area contributed by atoms with Gasteiger partial charge in [-0.15, -0.1) is 0 Å². The van der Waals surface area contributed by atoms with E-state index in [1.54, 1.807) is 0 Å². The number of rotatable bonds is 5. The number of thioether (sulfide) groups is 1. The third-order valence-electron chi connectivity index (χ3n) is 2.97. The molecule has 0 aliphatic carbocycles. The predicted molar refractivity (Wildman–Crippen MR) is 70.5 cm³/mol. The van der Waals surface area contributed by atoms with E-state index >= 15 is 0 Å². The molecule has 0 aromatic carbocycles. The number of hydrogen-bond donors (Lipinski definition) is 2. The van der Waals surface area contributed by atoms with E-state index in [1.165, 1.54) is 24.3 Å². The molecule has 1 amide bonds. The van der Waals surface area contributed by atoms with Gasteiger partial charge in [0, 0.05) is 6.54 Å². The molecule has 1 rings (SSSR count). The fraction of sp³-hybridized carbons (Fsp3) is 0.917. The van der Waals surface area contributed by atoms with Crippen LogP contribution in [0.5, 0.6) is 0 Å². The Labute approximate surface area is 103 Å². The number of nitrogens with two attached hydrogens (primary N) is 1. The van der Waals surface area contributed by atoms with Crippen LogP contribution in [0.25, 0.3) is 0 Å². The molecule has 4 heteroatoms. The second-order valence-electron chi connectivity index (χ2n) is 5.04. The normalized spacial score (nSPS) is 19.8. The minimum Gasteiger partial charge on any atom is -0.354 e. The van der Waals surface area contributed by atoms with Crippen molar-refractivity contribution in [2.75, 3.05) is 18.1 Å². The van der Waals surface area contributed by atoms with Crippen LogP contribution in [-0.2, 0) is 4.79 Å². The molecule has 3 N–H and O–H groups in total.